The van der Waals surface area contributed by atoms with Crippen molar-refractivity contribution in [2.24, 2.45) is 0 Å². The molecule has 310 valence electrons. The number of carbonyl (C=O) groups excluding carboxylic acids is 4. The number of nitrogens with one attached hydrogen (secondary N) is 4. The summed E-state index contributed by atoms with van der Waals surface area (Å²) in [5, 5.41) is 20.7. The van der Waals surface area contributed by atoms with Gasteiger partial charge in [0, 0.05) is 19.3 Å². The molecule has 5 aromatic carbocycles. The van der Waals surface area contributed by atoms with Crippen LogP contribution in [0.4, 0.5) is 13.2 Å². The minimum atomic E-state index is -4.67. The normalized spacial score (nSPS) is 19.3. The van der Waals surface area contributed by atoms with Crippen LogP contribution in [-0.4, -0.2) is 65.5 Å². The standard InChI is InChI=1S/C46H43F3N4O7/c47-46(48,49)35-13-7-10-32(24-35)27-38-43(56)52-39(25-30-14-19-34(20-15-30)33-11-5-2-6-12-33)44(57)51-37(23-18-29-8-3-1-4-9-29)42(55)53-40(45(58)59)26-31-16-21-36(22-17-31)60-28-41(54)50-38/h1-17,19-22,24,37-40H,18,23,25-28H2,(H,50,54)(H,51,57)(H,52,56)(H,53,55)(H,58,59)/t37-,38-,39+,40+/m1/s1. The highest BCUT2D eigenvalue weighted by molar-refractivity contribution is 5.95. The first-order valence-corrected chi connectivity index (χ1v) is 19.3. The SMILES string of the molecule is O=C1COc2ccc(cc2)C[C@@H](C(=O)O)NC(=O)[C@@H](CCc2ccccc2)NC(=O)[C@H](Cc2ccc(-c3ccccc3)cc2)NC(=O)[C@@H](Cc2cccc(C(F)(F)F)c2)N1. The third kappa shape index (κ3) is 12.0. The van der Waals surface area contributed by atoms with Crippen LogP contribution < -0.4 is 26.0 Å². The van der Waals surface area contributed by atoms with Crippen molar-refractivity contribution < 1.29 is 47.0 Å². The number of carbonyl (C=O) groups is 5. The van der Waals surface area contributed by atoms with Crippen LogP contribution in [0.25, 0.3) is 11.1 Å². The van der Waals surface area contributed by atoms with Crippen LogP contribution in [0, 0.1) is 0 Å². The molecule has 0 aliphatic carbocycles. The molecule has 5 aromatic rings. The molecule has 7 rings (SSSR count). The van der Waals surface area contributed by atoms with Crippen molar-refractivity contribution in [2.75, 3.05) is 6.61 Å². The molecule has 14 heteroatoms. The topological polar surface area (TPSA) is 163 Å². The van der Waals surface area contributed by atoms with E-state index in [1.807, 2.05) is 72.8 Å². The summed E-state index contributed by atoms with van der Waals surface area (Å²) in [5.74, 6) is -4.30. The van der Waals surface area contributed by atoms with E-state index < -0.39 is 72.1 Å². The Morgan fingerprint density at radius 1 is 0.617 bits per heavy atom. The summed E-state index contributed by atoms with van der Waals surface area (Å²) in [5.41, 5.74) is 2.96. The number of rotatable bonds is 9. The lowest BCUT2D eigenvalue weighted by Crippen LogP contribution is -2.59. The van der Waals surface area contributed by atoms with Crippen molar-refractivity contribution in [1.82, 2.24) is 21.3 Å². The van der Waals surface area contributed by atoms with Gasteiger partial charge >= 0.3 is 12.1 Å². The van der Waals surface area contributed by atoms with Gasteiger partial charge in [-0.05, 0) is 64.4 Å². The maximum Gasteiger partial charge on any atom is 0.416 e. The zero-order valence-electron chi connectivity index (χ0n) is 32.3. The van der Waals surface area contributed by atoms with E-state index >= 15 is 0 Å². The first-order valence-electron chi connectivity index (χ1n) is 19.3. The fourth-order valence-corrected chi connectivity index (χ4v) is 6.81. The molecule has 0 unspecified atom stereocenters. The zero-order chi connectivity index (χ0) is 42.6. The van der Waals surface area contributed by atoms with Gasteiger partial charge < -0.3 is 31.1 Å². The summed E-state index contributed by atoms with van der Waals surface area (Å²) in [6.45, 7) is -0.583. The molecule has 4 atom stereocenters. The molecule has 2 bridgehead atoms. The minimum absolute atomic E-state index is 0.0562. The summed E-state index contributed by atoms with van der Waals surface area (Å²) >= 11 is 0. The molecule has 2 aliphatic rings. The Kier molecular flexibility index (Phi) is 14.0. The van der Waals surface area contributed by atoms with Gasteiger partial charge in [0.05, 0.1) is 5.56 Å². The number of aliphatic carboxylic acids is 1. The first-order chi connectivity index (χ1) is 28.8. The predicted octanol–water partition coefficient (Wildman–Crippen LogP) is 5.45. The van der Waals surface area contributed by atoms with E-state index in [0.29, 0.717) is 17.5 Å². The molecule has 0 saturated heterocycles. The van der Waals surface area contributed by atoms with Crippen molar-refractivity contribution in [1.29, 1.82) is 0 Å². The molecular formula is C46H43F3N4O7. The van der Waals surface area contributed by atoms with Crippen molar-refractivity contribution in [3.05, 3.63) is 161 Å². The number of alkyl halides is 3. The van der Waals surface area contributed by atoms with Crippen molar-refractivity contribution in [2.45, 2.75) is 62.4 Å². The second-order valence-corrected chi connectivity index (χ2v) is 14.5. The molecule has 4 amide bonds. The largest absolute Gasteiger partial charge is 0.484 e. The second-order valence-electron chi connectivity index (χ2n) is 14.5. The molecule has 0 fully saturated rings. The molecular weight excluding hydrogens is 778 g/mol. The Morgan fingerprint density at radius 3 is 1.83 bits per heavy atom. The van der Waals surface area contributed by atoms with E-state index in [1.54, 1.807) is 24.3 Å². The number of carboxylic acids is 1. The molecule has 5 N–H and O–H groups in total. The Balaban J connectivity index is 1.35. The van der Waals surface area contributed by atoms with Crippen LogP contribution in [0.15, 0.2) is 133 Å². The molecule has 0 aromatic heterocycles. The number of benzene rings is 5. The van der Waals surface area contributed by atoms with Crippen LogP contribution in [0.1, 0.15) is 34.2 Å². The average molecular weight is 821 g/mol. The molecule has 11 nitrogen and oxygen atoms in total. The highest BCUT2D eigenvalue weighted by Gasteiger charge is 2.34. The number of ether oxygens (including phenoxy) is 1. The van der Waals surface area contributed by atoms with Gasteiger partial charge in [0.2, 0.25) is 17.7 Å². The third-order valence-electron chi connectivity index (χ3n) is 10.0. The average Bonchev–Trinajstić information content (AvgIpc) is 3.24. The number of halogens is 3. The summed E-state index contributed by atoms with van der Waals surface area (Å²) in [6.07, 6.45) is -4.89. The van der Waals surface area contributed by atoms with E-state index in [0.717, 1.165) is 28.8 Å². The summed E-state index contributed by atoms with van der Waals surface area (Å²) in [4.78, 5) is 68.3. The highest BCUT2D eigenvalue weighted by Crippen LogP contribution is 2.30. The highest BCUT2D eigenvalue weighted by atomic mass is 19.4. The number of carboxylic acid groups (broad SMARTS) is 1. The van der Waals surface area contributed by atoms with Crippen LogP contribution in [0.3, 0.4) is 0 Å². The lowest BCUT2D eigenvalue weighted by molar-refractivity contribution is -0.142. The lowest BCUT2D eigenvalue weighted by atomic mass is 9.98. The number of amides is 4. The Hall–Kier alpha value is -6.96. The summed E-state index contributed by atoms with van der Waals surface area (Å²) in [6, 6.07) is 30.9. The number of aryl methyl sites for hydroxylation is 1. The minimum Gasteiger partial charge on any atom is -0.484 e. The second kappa shape index (κ2) is 19.7. The zero-order valence-corrected chi connectivity index (χ0v) is 32.3. The van der Waals surface area contributed by atoms with Crippen molar-refractivity contribution >= 4 is 29.6 Å². The Bertz CT molecular complexity index is 2270. The van der Waals surface area contributed by atoms with E-state index in [9.17, 15) is 42.3 Å². The van der Waals surface area contributed by atoms with Crippen molar-refractivity contribution in [3.63, 3.8) is 0 Å². The lowest BCUT2D eigenvalue weighted by Gasteiger charge is -2.26. The quantitative estimate of drug-likeness (QED) is 0.124. The third-order valence-corrected chi connectivity index (χ3v) is 10.0. The molecule has 0 spiro atoms. The van der Waals surface area contributed by atoms with Gasteiger partial charge in [0.1, 0.15) is 29.9 Å². The molecule has 2 aliphatic heterocycles. The Morgan fingerprint density at radius 2 is 1.18 bits per heavy atom. The van der Waals surface area contributed by atoms with E-state index in [1.165, 1.54) is 24.3 Å². The number of hydrogen-bond acceptors (Lipinski definition) is 6. The fraction of sp³-hybridized carbons (Fsp3) is 0.239. The van der Waals surface area contributed by atoms with Crippen LogP contribution in [-0.2, 0) is 55.8 Å². The van der Waals surface area contributed by atoms with Crippen LogP contribution >= 0.6 is 0 Å². The summed E-state index contributed by atoms with van der Waals surface area (Å²) < 4.78 is 46.7. The van der Waals surface area contributed by atoms with Gasteiger partial charge in [0.15, 0.2) is 6.61 Å². The van der Waals surface area contributed by atoms with Crippen molar-refractivity contribution in [3.8, 4) is 16.9 Å². The van der Waals surface area contributed by atoms with E-state index in [4.69, 9.17) is 4.74 Å². The predicted molar refractivity (Wildman–Crippen MR) is 216 cm³/mol. The van der Waals surface area contributed by atoms with Gasteiger partial charge in [0.25, 0.3) is 5.91 Å². The number of hydrogen-bond donors (Lipinski definition) is 5. The molecule has 2 heterocycles. The summed E-state index contributed by atoms with van der Waals surface area (Å²) in [7, 11) is 0. The van der Waals surface area contributed by atoms with E-state index in [2.05, 4.69) is 21.3 Å². The van der Waals surface area contributed by atoms with Gasteiger partial charge in [-0.15, -0.1) is 0 Å². The molecule has 60 heavy (non-hydrogen) atoms. The maximum absolute atomic E-state index is 14.4. The fourth-order valence-electron chi connectivity index (χ4n) is 6.81. The smallest absolute Gasteiger partial charge is 0.416 e. The van der Waals surface area contributed by atoms with Gasteiger partial charge in [-0.2, -0.15) is 13.2 Å². The van der Waals surface area contributed by atoms with E-state index in [-0.39, 0.29) is 37.0 Å². The Labute approximate surface area is 344 Å². The van der Waals surface area contributed by atoms with Gasteiger partial charge in [-0.25, -0.2) is 4.79 Å². The molecule has 0 radical (unpaired) electrons. The van der Waals surface area contributed by atoms with Crippen LogP contribution in [0.2, 0.25) is 0 Å². The monoisotopic (exact) mass is 820 g/mol. The molecule has 0 saturated carbocycles. The van der Waals surface area contributed by atoms with Gasteiger partial charge in [-0.1, -0.05) is 115 Å². The van der Waals surface area contributed by atoms with Crippen LogP contribution in [0.5, 0.6) is 5.75 Å². The number of fused-ring (bicyclic) bond motifs is 16. The first kappa shape index (κ1) is 42.6. The van der Waals surface area contributed by atoms with Gasteiger partial charge in [-0.3, -0.25) is 19.2 Å². The maximum atomic E-state index is 14.4.